The molecular formula is C19H13ClN6O2. The van der Waals surface area contributed by atoms with Crippen LogP contribution in [0.1, 0.15) is 0 Å². The molecule has 0 bridgehead atoms. The number of aromatic nitrogens is 3. The summed E-state index contributed by atoms with van der Waals surface area (Å²) in [7, 11) is 0. The molecule has 0 aliphatic rings. The molecule has 2 aromatic heterocycles. The van der Waals surface area contributed by atoms with Crippen LogP contribution in [0.25, 0.3) is 10.9 Å². The number of rotatable bonds is 5. The molecule has 4 rings (SSSR count). The third-order valence-electron chi connectivity index (χ3n) is 4.01. The smallest absolute Gasteiger partial charge is 0.334 e. The number of hydrogen-bond donors (Lipinski definition) is 2. The minimum absolute atomic E-state index is 0.0724. The van der Waals surface area contributed by atoms with Crippen molar-refractivity contribution < 1.29 is 4.92 Å². The molecule has 8 nitrogen and oxygen atoms in total. The maximum Gasteiger partial charge on any atom is 0.353 e. The summed E-state index contributed by atoms with van der Waals surface area (Å²) in [5.74, 6) is 0.149. The van der Waals surface area contributed by atoms with Crippen LogP contribution in [0.4, 0.5) is 28.7 Å². The van der Waals surface area contributed by atoms with Crippen molar-refractivity contribution in [3.63, 3.8) is 0 Å². The van der Waals surface area contributed by atoms with Gasteiger partial charge in [0.05, 0.1) is 10.4 Å². The Hall–Kier alpha value is -3.78. The van der Waals surface area contributed by atoms with E-state index in [4.69, 9.17) is 11.6 Å². The largest absolute Gasteiger partial charge is 0.353 e. The molecule has 0 unspecified atom stereocenters. The molecule has 0 aliphatic heterocycles. The summed E-state index contributed by atoms with van der Waals surface area (Å²) in [5.41, 5.74) is 1.78. The molecule has 2 heterocycles. The summed E-state index contributed by atoms with van der Waals surface area (Å²) >= 11 is 5.88. The van der Waals surface area contributed by atoms with Gasteiger partial charge in [-0.25, -0.2) is 9.97 Å². The van der Waals surface area contributed by atoms with E-state index in [1.165, 1.54) is 6.33 Å². The van der Waals surface area contributed by atoms with Crippen molar-refractivity contribution in [1.29, 1.82) is 0 Å². The Morgan fingerprint density at radius 3 is 2.39 bits per heavy atom. The lowest BCUT2D eigenvalue weighted by Crippen LogP contribution is -2.05. The molecule has 138 valence electrons. The predicted octanol–water partition coefficient (Wildman–Crippen LogP) is 5.07. The summed E-state index contributed by atoms with van der Waals surface area (Å²) in [6.45, 7) is 0. The van der Waals surface area contributed by atoms with E-state index in [2.05, 4.69) is 25.6 Å². The second kappa shape index (κ2) is 7.45. The number of halogens is 1. The third kappa shape index (κ3) is 3.53. The molecule has 0 fully saturated rings. The van der Waals surface area contributed by atoms with Crippen LogP contribution in [0.5, 0.6) is 0 Å². The van der Waals surface area contributed by atoms with Crippen molar-refractivity contribution in [2.24, 2.45) is 0 Å². The Bertz CT molecular complexity index is 1160. The minimum Gasteiger partial charge on any atom is -0.334 e. The van der Waals surface area contributed by atoms with E-state index in [1.807, 2.05) is 24.3 Å². The highest BCUT2D eigenvalue weighted by Gasteiger charge is 2.23. The van der Waals surface area contributed by atoms with E-state index in [0.717, 1.165) is 10.9 Å². The van der Waals surface area contributed by atoms with E-state index in [0.29, 0.717) is 16.4 Å². The van der Waals surface area contributed by atoms with Gasteiger partial charge in [-0.3, -0.25) is 15.1 Å². The number of benzene rings is 2. The number of nitrogens with one attached hydrogen (secondary N) is 2. The van der Waals surface area contributed by atoms with Crippen LogP contribution in [0.15, 0.2) is 67.1 Å². The highest BCUT2D eigenvalue weighted by atomic mass is 35.5. The molecule has 28 heavy (non-hydrogen) atoms. The molecule has 0 spiro atoms. The Morgan fingerprint density at radius 1 is 0.893 bits per heavy atom. The van der Waals surface area contributed by atoms with E-state index in [1.54, 1.807) is 36.5 Å². The molecule has 0 saturated heterocycles. The number of anilines is 4. The Kier molecular flexibility index (Phi) is 4.69. The number of hydrogen-bond acceptors (Lipinski definition) is 7. The molecule has 0 saturated carbocycles. The van der Waals surface area contributed by atoms with Gasteiger partial charge in [0, 0.05) is 28.0 Å². The highest BCUT2D eigenvalue weighted by molar-refractivity contribution is 6.30. The predicted molar refractivity (Wildman–Crippen MR) is 108 cm³/mol. The third-order valence-corrected chi connectivity index (χ3v) is 4.26. The summed E-state index contributed by atoms with van der Waals surface area (Å²) in [4.78, 5) is 23.6. The number of fused-ring (bicyclic) bond motifs is 1. The van der Waals surface area contributed by atoms with Gasteiger partial charge in [0.2, 0.25) is 11.6 Å². The number of pyridine rings is 1. The van der Waals surface area contributed by atoms with Crippen LogP contribution in [0, 0.1) is 10.1 Å². The molecular weight excluding hydrogens is 380 g/mol. The molecule has 4 aromatic rings. The van der Waals surface area contributed by atoms with Gasteiger partial charge in [-0.05, 0) is 48.5 Å². The standard InChI is InChI=1S/C19H13ClN6O2/c20-12-6-8-13(9-7-12)24-18-17(26(27)28)19(23-11-22-18)25-16-5-1-4-15-14(16)3-2-10-21-15/h1-11H,(H2,22,23,24,25). The fourth-order valence-corrected chi connectivity index (χ4v) is 2.87. The van der Waals surface area contributed by atoms with Crippen molar-refractivity contribution in [2.45, 2.75) is 0 Å². The lowest BCUT2D eigenvalue weighted by Gasteiger charge is -2.11. The molecule has 2 aromatic carbocycles. The monoisotopic (exact) mass is 392 g/mol. The molecule has 2 N–H and O–H groups in total. The van der Waals surface area contributed by atoms with Crippen LogP contribution < -0.4 is 10.6 Å². The van der Waals surface area contributed by atoms with Crippen LogP contribution in [0.3, 0.4) is 0 Å². The van der Waals surface area contributed by atoms with Gasteiger partial charge in [-0.15, -0.1) is 0 Å². The molecule has 0 atom stereocenters. The van der Waals surface area contributed by atoms with Gasteiger partial charge >= 0.3 is 5.69 Å². The van der Waals surface area contributed by atoms with Crippen LogP contribution in [-0.2, 0) is 0 Å². The summed E-state index contributed by atoms with van der Waals surface area (Å²) in [5, 5.41) is 19.1. The van der Waals surface area contributed by atoms with Crippen molar-refractivity contribution in [3.8, 4) is 0 Å². The maximum atomic E-state index is 11.8. The second-order valence-corrected chi connectivity index (χ2v) is 6.25. The van der Waals surface area contributed by atoms with Crippen molar-refractivity contribution in [2.75, 3.05) is 10.6 Å². The lowest BCUT2D eigenvalue weighted by molar-refractivity contribution is -0.383. The number of nitro groups is 1. The second-order valence-electron chi connectivity index (χ2n) is 5.81. The minimum atomic E-state index is -0.524. The lowest BCUT2D eigenvalue weighted by atomic mass is 10.2. The maximum absolute atomic E-state index is 11.8. The van der Waals surface area contributed by atoms with Crippen LogP contribution in [-0.4, -0.2) is 19.9 Å². The van der Waals surface area contributed by atoms with E-state index >= 15 is 0 Å². The van der Waals surface area contributed by atoms with Crippen molar-refractivity contribution >= 4 is 51.2 Å². The first-order valence-corrected chi connectivity index (χ1v) is 8.62. The molecule has 0 radical (unpaired) electrons. The molecule has 9 heteroatoms. The van der Waals surface area contributed by atoms with Gasteiger partial charge < -0.3 is 10.6 Å². The zero-order chi connectivity index (χ0) is 19.5. The summed E-state index contributed by atoms with van der Waals surface area (Å²) in [6, 6.07) is 15.9. The first-order valence-electron chi connectivity index (χ1n) is 8.24. The topological polar surface area (TPSA) is 106 Å². The number of nitrogens with zero attached hydrogens (tertiary/aromatic N) is 4. The van der Waals surface area contributed by atoms with E-state index in [9.17, 15) is 10.1 Å². The van der Waals surface area contributed by atoms with Gasteiger partial charge in [0.15, 0.2) is 0 Å². The fraction of sp³-hybridized carbons (Fsp3) is 0. The molecule has 0 amide bonds. The molecule has 0 aliphatic carbocycles. The van der Waals surface area contributed by atoms with Gasteiger partial charge in [0.1, 0.15) is 6.33 Å². The van der Waals surface area contributed by atoms with E-state index in [-0.39, 0.29) is 17.3 Å². The summed E-state index contributed by atoms with van der Waals surface area (Å²) in [6.07, 6.45) is 2.95. The fourth-order valence-electron chi connectivity index (χ4n) is 2.74. The van der Waals surface area contributed by atoms with Gasteiger partial charge in [0.25, 0.3) is 0 Å². The average Bonchev–Trinajstić information content (AvgIpc) is 2.70. The summed E-state index contributed by atoms with van der Waals surface area (Å²) < 4.78 is 0. The quantitative estimate of drug-likeness (QED) is 0.360. The Morgan fingerprint density at radius 2 is 1.64 bits per heavy atom. The first kappa shape index (κ1) is 17.6. The Balaban J connectivity index is 1.74. The van der Waals surface area contributed by atoms with E-state index < -0.39 is 4.92 Å². The zero-order valence-corrected chi connectivity index (χ0v) is 15.1. The van der Waals surface area contributed by atoms with Crippen LogP contribution >= 0.6 is 11.6 Å². The Labute approximate surface area is 164 Å². The van der Waals surface area contributed by atoms with Crippen molar-refractivity contribution in [1.82, 2.24) is 15.0 Å². The highest BCUT2D eigenvalue weighted by Crippen LogP contribution is 2.34. The average molecular weight is 393 g/mol. The first-order chi connectivity index (χ1) is 13.6. The van der Waals surface area contributed by atoms with Crippen LogP contribution in [0.2, 0.25) is 5.02 Å². The van der Waals surface area contributed by atoms with Gasteiger partial charge in [-0.2, -0.15) is 0 Å². The zero-order valence-electron chi connectivity index (χ0n) is 14.3. The van der Waals surface area contributed by atoms with Crippen molar-refractivity contribution in [3.05, 3.63) is 82.3 Å². The normalized spacial score (nSPS) is 10.6. The SMILES string of the molecule is O=[N+]([O-])c1c(Nc2ccc(Cl)cc2)ncnc1Nc1cccc2ncccc12. The van der Waals surface area contributed by atoms with Gasteiger partial charge in [-0.1, -0.05) is 17.7 Å².